The first kappa shape index (κ1) is 62.4. The van der Waals surface area contributed by atoms with Gasteiger partial charge < -0.3 is 24.2 Å². The minimum atomic E-state index is -4.77. The zero-order chi connectivity index (χ0) is 48.4. The Morgan fingerprint density at radius 1 is 0.439 bits per heavy atom. The molecule has 0 radical (unpaired) electrons. The molecule has 0 spiro atoms. The predicted molar refractivity (Wildman–Crippen MR) is 270 cm³/mol. The number of ether oxygens (including phenoxy) is 3. The molecule has 3 atom stereocenters. The van der Waals surface area contributed by atoms with Crippen molar-refractivity contribution in [3.8, 4) is 0 Å². The molecular weight excluding hydrogens is 856 g/mol. The predicted octanol–water partition coefficient (Wildman–Crippen LogP) is 14.1. The molecule has 0 aliphatic carbocycles. The number of rotatable bonds is 45. The second kappa shape index (κ2) is 47.9. The van der Waals surface area contributed by atoms with Crippen LogP contribution >= 0.6 is 7.82 Å². The lowest BCUT2D eigenvalue weighted by molar-refractivity contribution is -0.161. The zero-order valence-electron chi connectivity index (χ0n) is 41.1. The lowest BCUT2D eigenvalue weighted by atomic mass is 10.1. The van der Waals surface area contributed by atoms with Crippen LogP contribution in [0.3, 0.4) is 0 Å². The number of carbonyl (C=O) groups excluding carboxylic acids is 3. The highest BCUT2D eigenvalue weighted by Crippen LogP contribution is 2.43. The van der Waals surface area contributed by atoms with Gasteiger partial charge in [-0.2, -0.15) is 0 Å². The quantitative estimate of drug-likeness (QED) is 0.0197. The Bertz CT molecular complexity index is 1480. The molecule has 0 bridgehead atoms. The van der Waals surface area contributed by atoms with Gasteiger partial charge in [-0.15, -0.1) is 0 Å². The molecule has 0 aliphatic heterocycles. The largest absolute Gasteiger partial charge is 0.472 e. The van der Waals surface area contributed by atoms with Gasteiger partial charge in [0.25, 0.3) is 0 Å². The Morgan fingerprint density at radius 3 is 1.27 bits per heavy atom. The highest BCUT2D eigenvalue weighted by Gasteiger charge is 2.28. The normalized spacial score (nSPS) is 14.3. The summed E-state index contributed by atoms with van der Waals surface area (Å²) in [5, 5.41) is 9.75. The number of aliphatic hydroxyl groups excluding tert-OH is 1. The van der Waals surface area contributed by atoms with E-state index in [2.05, 4.69) is 106 Å². The van der Waals surface area contributed by atoms with Crippen molar-refractivity contribution in [3.05, 3.63) is 97.2 Å². The van der Waals surface area contributed by atoms with Crippen molar-refractivity contribution in [2.45, 2.75) is 200 Å². The van der Waals surface area contributed by atoms with Crippen LogP contribution in [0.4, 0.5) is 0 Å². The third-order valence-electron chi connectivity index (χ3n) is 10.0. The van der Waals surface area contributed by atoms with Gasteiger partial charge in [-0.3, -0.25) is 23.4 Å². The first-order valence-electron chi connectivity index (χ1n) is 25.1. The third-order valence-corrected chi connectivity index (χ3v) is 11.0. The maximum Gasteiger partial charge on any atom is 0.472 e. The van der Waals surface area contributed by atoms with E-state index in [9.17, 15) is 28.9 Å². The number of aliphatic hydroxyl groups is 1. The molecule has 0 rings (SSSR count). The third kappa shape index (κ3) is 45.6. The van der Waals surface area contributed by atoms with Gasteiger partial charge in [0, 0.05) is 19.3 Å². The van der Waals surface area contributed by atoms with Gasteiger partial charge in [0.1, 0.15) is 12.7 Å². The van der Waals surface area contributed by atoms with Crippen molar-refractivity contribution in [1.82, 2.24) is 0 Å². The summed E-state index contributed by atoms with van der Waals surface area (Å²) in [6, 6.07) is 0. The number of phosphoric acid groups is 1. The molecule has 0 amide bonds. The molecule has 0 saturated carbocycles. The van der Waals surface area contributed by atoms with Crippen molar-refractivity contribution < 1.29 is 52.2 Å². The number of unbranched alkanes of at least 4 members (excludes halogenated alkanes) is 12. The van der Waals surface area contributed by atoms with E-state index < -0.39 is 64.4 Å². The summed E-state index contributed by atoms with van der Waals surface area (Å²) in [4.78, 5) is 48.2. The smallest absolute Gasteiger partial charge is 0.462 e. The van der Waals surface area contributed by atoms with Crippen molar-refractivity contribution >= 4 is 25.7 Å². The summed E-state index contributed by atoms with van der Waals surface area (Å²) in [5.41, 5.74) is 0. The Morgan fingerprint density at radius 2 is 0.818 bits per heavy atom. The highest BCUT2D eigenvalue weighted by molar-refractivity contribution is 7.47. The fraction of sp³-hybridized carbons (Fsp3) is 0.648. The fourth-order valence-corrected chi connectivity index (χ4v) is 7.03. The summed E-state index contributed by atoms with van der Waals surface area (Å²) >= 11 is 0. The molecule has 2 N–H and O–H groups in total. The molecule has 3 unspecified atom stereocenters. The molecule has 0 heterocycles. The second-order valence-electron chi connectivity index (χ2n) is 16.2. The van der Waals surface area contributed by atoms with Crippen LogP contribution in [0.25, 0.3) is 0 Å². The van der Waals surface area contributed by atoms with Gasteiger partial charge in [0.05, 0.1) is 19.8 Å². The minimum Gasteiger partial charge on any atom is -0.462 e. The number of hydrogen-bond acceptors (Lipinski definition) is 10. The standard InChI is InChI=1S/C54H89O11P/c1-4-7-10-13-16-19-22-24-25-27-30-33-36-39-42-45-54(58)65-51(47-61-52(56)43-40-37-34-31-29-26-23-20-17-14-11-8-5-2)49-63-66(59,60)62-48-50(46-55)64-53(57)44-41-38-35-32-28-21-18-15-12-9-6-3/h7-8,10-11,16-17,19-20,24-26,29-30,33-34,37,50-51,55H,4-6,9,12-15,18,21-23,27-28,31-32,35-36,38-49H2,1-3H3,(H,59,60)/b10-7-,11-8-,19-16-,20-17-,25-24-,29-26-,33-30-,37-34-. The van der Waals surface area contributed by atoms with E-state index in [4.69, 9.17) is 23.3 Å². The number of allylic oxidation sites excluding steroid dienone is 16. The van der Waals surface area contributed by atoms with E-state index in [1.165, 1.54) is 44.9 Å². The lowest BCUT2D eigenvalue weighted by Gasteiger charge is -2.21. The van der Waals surface area contributed by atoms with Crippen LogP contribution in [0.1, 0.15) is 188 Å². The molecule has 0 aromatic heterocycles. The Kier molecular flexibility index (Phi) is 45.3. The molecule has 0 aromatic rings. The lowest BCUT2D eigenvalue weighted by Crippen LogP contribution is -2.30. The van der Waals surface area contributed by atoms with Crippen LogP contribution < -0.4 is 0 Å². The van der Waals surface area contributed by atoms with Crippen molar-refractivity contribution in [2.75, 3.05) is 26.4 Å². The first-order chi connectivity index (χ1) is 32.2. The van der Waals surface area contributed by atoms with E-state index >= 15 is 0 Å². The Labute approximate surface area is 400 Å². The average molecular weight is 945 g/mol. The molecule has 11 nitrogen and oxygen atoms in total. The zero-order valence-corrected chi connectivity index (χ0v) is 42.0. The van der Waals surface area contributed by atoms with Gasteiger partial charge in [0.2, 0.25) is 0 Å². The number of carbonyl (C=O) groups is 3. The Balaban J connectivity index is 4.91. The first-order valence-corrected chi connectivity index (χ1v) is 26.6. The molecule has 66 heavy (non-hydrogen) atoms. The molecular formula is C54H89O11P. The van der Waals surface area contributed by atoms with Gasteiger partial charge in [-0.1, -0.05) is 182 Å². The number of hydrogen-bond donors (Lipinski definition) is 2. The minimum absolute atomic E-state index is 0.0924. The van der Waals surface area contributed by atoms with E-state index in [0.717, 1.165) is 83.5 Å². The van der Waals surface area contributed by atoms with E-state index in [1.807, 2.05) is 12.2 Å². The van der Waals surface area contributed by atoms with Crippen LogP contribution in [0.5, 0.6) is 0 Å². The Hall–Kier alpha value is -3.60. The fourth-order valence-electron chi connectivity index (χ4n) is 6.24. The molecule has 0 aliphatic rings. The summed E-state index contributed by atoms with van der Waals surface area (Å²) in [5.74, 6) is -1.62. The summed E-state index contributed by atoms with van der Waals surface area (Å²) < 4.78 is 39.2. The van der Waals surface area contributed by atoms with Crippen LogP contribution in [-0.2, 0) is 42.2 Å². The van der Waals surface area contributed by atoms with Crippen LogP contribution in [0.2, 0.25) is 0 Å². The monoisotopic (exact) mass is 945 g/mol. The topological polar surface area (TPSA) is 155 Å². The van der Waals surface area contributed by atoms with Crippen LogP contribution in [0.15, 0.2) is 97.2 Å². The van der Waals surface area contributed by atoms with Crippen molar-refractivity contribution in [2.24, 2.45) is 0 Å². The van der Waals surface area contributed by atoms with Crippen LogP contribution in [-0.4, -0.2) is 66.5 Å². The average Bonchev–Trinajstić information content (AvgIpc) is 3.30. The van der Waals surface area contributed by atoms with Crippen LogP contribution in [0, 0.1) is 0 Å². The SMILES string of the molecule is CC/C=C\C/C=C\C/C=C\C/C=C\CCCCC(=O)OC(COC(=O)CC/C=C\C/C=C\C/C=C\C/C=C\CC)COP(=O)(O)OCC(CO)OC(=O)CCCCCCCCCCCCC. The molecule has 0 aromatic carbocycles. The summed E-state index contributed by atoms with van der Waals surface area (Å²) in [6.45, 7) is 4.24. The number of phosphoric ester groups is 1. The summed E-state index contributed by atoms with van der Waals surface area (Å²) in [7, 11) is -4.77. The van der Waals surface area contributed by atoms with E-state index in [0.29, 0.717) is 19.3 Å². The second-order valence-corrected chi connectivity index (χ2v) is 17.7. The van der Waals surface area contributed by atoms with Gasteiger partial charge in [-0.05, 0) is 83.5 Å². The van der Waals surface area contributed by atoms with Gasteiger partial charge >= 0.3 is 25.7 Å². The molecule has 0 fully saturated rings. The van der Waals surface area contributed by atoms with Crippen molar-refractivity contribution in [1.29, 1.82) is 0 Å². The van der Waals surface area contributed by atoms with E-state index in [-0.39, 0.29) is 19.3 Å². The van der Waals surface area contributed by atoms with E-state index in [1.54, 1.807) is 0 Å². The summed E-state index contributed by atoms with van der Waals surface area (Å²) in [6.07, 6.45) is 54.0. The van der Waals surface area contributed by atoms with Crippen molar-refractivity contribution in [3.63, 3.8) is 0 Å². The maximum absolute atomic E-state index is 12.8. The maximum atomic E-state index is 12.8. The molecule has 0 saturated heterocycles. The molecule has 12 heteroatoms. The molecule has 376 valence electrons. The van der Waals surface area contributed by atoms with Gasteiger partial charge in [-0.25, -0.2) is 4.57 Å². The highest BCUT2D eigenvalue weighted by atomic mass is 31.2. The van der Waals surface area contributed by atoms with Gasteiger partial charge in [0.15, 0.2) is 6.10 Å². The number of esters is 3.